The molecule has 0 saturated carbocycles. The van der Waals surface area contributed by atoms with Gasteiger partial charge in [0.15, 0.2) is 6.10 Å². The summed E-state index contributed by atoms with van der Waals surface area (Å²) in [5, 5.41) is 13.2. The predicted molar refractivity (Wildman–Crippen MR) is 83.4 cm³/mol. The maximum atomic E-state index is 12.6. The van der Waals surface area contributed by atoms with E-state index < -0.39 is 12.1 Å². The van der Waals surface area contributed by atoms with E-state index in [-0.39, 0.29) is 19.1 Å². The number of aliphatic carboxylic acids is 1. The van der Waals surface area contributed by atoms with Crippen LogP contribution in [-0.2, 0) is 9.53 Å². The number of rotatable bonds is 4. The highest BCUT2D eigenvalue weighted by Crippen LogP contribution is 2.22. The zero-order valence-electron chi connectivity index (χ0n) is 13.1. The average molecular weight is 331 g/mol. The summed E-state index contributed by atoms with van der Waals surface area (Å²) in [5.41, 5.74) is 1.09. The van der Waals surface area contributed by atoms with Crippen molar-refractivity contribution >= 4 is 11.9 Å². The quantitative estimate of drug-likeness (QED) is 0.891. The zero-order chi connectivity index (χ0) is 17.1. The standard InChI is InChI=1S/C16H17N3O5/c1-23-13-5-3-2-4-12(13)19-9-11(8-17-19)15(20)18-6-7-24-14(10-18)16(21)22/h2-5,8-9,14H,6-7,10H2,1H3,(H,21,22). The van der Waals surface area contributed by atoms with E-state index in [2.05, 4.69) is 5.10 Å². The molecule has 3 rings (SSSR count). The molecular weight excluding hydrogens is 314 g/mol. The van der Waals surface area contributed by atoms with Crippen molar-refractivity contribution in [2.24, 2.45) is 0 Å². The number of aromatic nitrogens is 2. The summed E-state index contributed by atoms with van der Waals surface area (Å²) < 4.78 is 12.0. The molecule has 1 aliphatic heterocycles. The summed E-state index contributed by atoms with van der Waals surface area (Å²) in [6, 6.07) is 7.32. The van der Waals surface area contributed by atoms with Crippen molar-refractivity contribution in [3.63, 3.8) is 0 Å². The Morgan fingerprint density at radius 1 is 1.38 bits per heavy atom. The molecule has 126 valence electrons. The number of methoxy groups -OCH3 is 1. The Hall–Kier alpha value is -2.87. The van der Waals surface area contributed by atoms with E-state index in [9.17, 15) is 9.59 Å². The summed E-state index contributed by atoms with van der Waals surface area (Å²) in [6.45, 7) is 0.569. The van der Waals surface area contributed by atoms with Crippen LogP contribution in [0.25, 0.3) is 5.69 Å². The number of hydrogen-bond acceptors (Lipinski definition) is 5. The van der Waals surface area contributed by atoms with E-state index in [0.717, 1.165) is 0 Å². The van der Waals surface area contributed by atoms with Gasteiger partial charge >= 0.3 is 5.97 Å². The van der Waals surface area contributed by atoms with Gasteiger partial charge in [0, 0.05) is 12.7 Å². The van der Waals surface area contributed by atoms with E-state index in [0.29, 0.717) is 23.5 Å². The molecule has 0 bridgehead atoms. The number of carboxylic acid groups (broad SMARTS) is 1. The third-order valence-corrected chi connectivity index (χ3v) is 3.79. The van der Waals surface area contributed by atoms with Crippen LogP contribution in [-0.4, -0.2) is 64.6 Å². The van der Waals surface area contributed by atoms with Crippen molar-refractivity contribution in [3.05, 3.63) is 42.2 Å². The fraction of sp³-hybridized carbons (Fsp3) is 0.312. The van der Waals surface area contributed by atoms with Gasteiger partial charge in [0.2, 0.25) is 0 Å². The number of carboxylic acids is 1. The van der Waals surface area contributed by atoms with Gasteiger partial charge in [0.25, 0.3) is 5.91 Å². The van der Waals surface area contributed by atoms with Gasteiger partial charge in [-0.15, -0.1) is 0 Å². The van der Waals surface area contributed by atoms with Crippen LogP contribution in [0.1, 0.15) is 10.4 Å². The smallest absolute Gasteiger partial charge is 0.334 e. The lowest BCUT2D eigenvalue weighted by atomic mass is 10.2. The molecule has 0 spiro atoms. The Balaban J connectivity index is 1.80. The fourth-order valence-electron chi connectivity index (χ4n) is 2.55. The second-order valence-electron chi connectivity index (χ2n) is 5.29. The van der Waals surface area contributed by atoms with E-state index in [1.165, 1.54) is 11.1 Å². The number of carbonyl (C=O) groups excluding carboxylic acids is 1. The normalized spacial score (nSPS) is 17.5. The number of benzene rings is 1. The van der Waals surface area contributed by atoms with Gasteiger partial charge in [0.05, 0.1) is 32.0 Å². The lowest BCUT2D eigenvalue weighted by Crippen LogP contribution is -2.48. The highest BCUT2D eigenvalue weighted by atomic mass is 16.5. The number of ether oxygens (including phenoxy) is 2. The van der Waals surface area contributed by atoms with Crippen LogP contribution in [0.2, 0.25) is 0 Å². The second-order valence-corrected chi connectivity index (χ2v) is 5.29. The van der Waals surface area contributed by atoms with E-state index >= 15 is 0 Å². The second kappa shape index (κ2) is 6.71. The minimum atomic E-state index is -1.07. The van der Waals surface area contributed by atoms with Gasteiger partial charge in [-0.05, 0) is 12.1 Å². The molecule has 8 heteroatoms. The number of morpholine rings is 1. The fourth-order valence-corrected chi connectivity index (χ4v) is 2.55. The third kappa shape index (κ3) is 3.09. The molecule has 1 unspecified atom stereocenters. The molecule has 0 radical (unpaired) electrons. The van der Waals surface area contributed by atoms with Gasteiger partial charge < -0.3 is 19.5 Å². The van der Waals surface area contributed by atoms with E-state index in [1.807, 2.05) is 18.2 Å². The molecule has 1 amide bonds. The van der Waals surface area contributed by atoms with Gasteiger partial charge in [-0.1, -0.05) is 12.1 Å². The van der Waals surface area contributed by atoms with Crippen molar-refractivity contribution in [2.45, 2.75) is 6.10 Å². The number of hydrogen-bond donors (Lipinski definition) is 1. The Morgan fingerprint density at radius 3 is 2.92 bits per heavy atom. The largest absolute Gasteiger partial charge is 0.494 e. The highest BCUT2D eigenvalue weighted by molar-refractivity contribution is 5.94. The topological polar surface area (TPSA) is 93.9 Å². The lowest BCUT2D eigenvalue weighted by Gasteiger charge is -2.30. The Morgan fingerprint density at radius 2 is 2.17 bits per heavy atom. The Bertz CT molecular complexity index is 758. The van der Waals surface area contributed by atoms with Crippen molar-refractivity contribution in [3.8, 4) is 11.4 Å². The molecule has 2 heterocycles. The molecule has 0 aliphatic carbocycles. The molecule has 1 aromatic carbocycles. The molecule has 1 N–H and O–H groups in total. The van der Waals surface area contributed by atoms with Gasteiger partial charge in [0.1, 0.15) is 11.4 Å². The minimum absolute atomic E-state index is 0.0218. The lowest BCUT2D eigenvalue weighted by molar-refractivity contribution is -0.154. The molecular formula is C16H17N3O5. The predicted octanol–water partition coefficient (Wildman–Crippen LogP) is 0.806. The van der Waals surface area contributed by atoms with Crippen LogP contribution in [0.4, 0.5) is 0 Å². The molecule has 2 aromatic rings. The molecule has 24 heavy (non-hydrogen) atoms. The summed E-state index contributed by atoms with van der Waals surface area (Å²) in [5.74, 6) is -0.708. The van der Waals surface area contributed by atoms with Crippen molar-refractivity contribution in [1.82, 2.24) is 14.7 Å². The monoisotopic (exact) mass is 331 g/mol. The van der Waals surface area contributed by atoms with Crippen LogP contribution in [0.5, 0.6) is 5.75 Å². The first-order chi connectivity index (χ1) is 11.6. The number of para-hydroxylation sites is 2. The maximum absolute atomic E-state index is 12.6. The van der Waals surface area contributed by atoms with E-state index in [1.54, 1.807) is 24.1 Å². The third-order valence-electron chi connectivity index (χ3n) is 3.79. The first-order valence-electron chi connectivity index (χ1n) is 7.42. The molecule has 1 aromatic heterocycles. The minimum Gasteiger partial charge on any atom is -0.494 e. The van der Waals surface area contributed by atoms with Crippen molar-refractivity contribution < 1.29 is 24.2 Å². The average Bonchev–Trinajstić information content (AvgIpc) is 3.11. The van der Waals surface area contributed by atoms with Crippen LogP contribution in [0.3, 0.4) is 0 Å². The zero-order valence-corrected chi connectivity index (χ0v) is 13.1. The summed E-state index contributed by atoms with van der Waals surface area (Å²) in [7, 11) is 1.56. The van der Waals surface area contributed by atoms with Crippen LogP contribution >= 0.6 is 0 Å². The molecule has 1 aliphatic rings. The maximum Gasteiger partial charge on any atom is 0.334 e. The first-order valence-corrected chi connectivity index (χ1v) is 7.42. The van der Waals surface area contributed by atoms with Crippen LogP contribution in [0, 0.1) is 0 Å². The summed E-state index contributed by atoms with van der Waals surface area (Å²) in [4.78, 5) is 25.0. The molecule has 1 saturated heterocycles. The van der Waals surface area contributed by atoms with Gasteiger partial charge in [-0.3, -0.25) is 4.79 Å². The van der Waals surface area contributed by atoms with Crippen LogP contribution in [0.15, 0.2) is 36.7 Å². The van der Waals surface area contributed by atoms with Crippen molar-refractivity contribution in [1.29, 1.82) is 0 Å². The van der Waals surface area contributed by atoms with E-state index in [4.69, 9.17) is 14.6 Å². The first kappa shape index (κ1) is 16.0. The van der Waals surface area contributed by atoms with Crippen LogP contribution < -0.4 is 4.74 Å². The highest BCUT2D eigenvalue weighted by Gasteiger charge is 2.30. The van der Waals surface area contributed by atoms with Gasteiger partial charge in [-0.2, -0.15) is 5.10 Å². The summed E-state index contributed by atoms with van der Waals surface area (Å²) >= 11 is 0. The number of nitrogens with zero attached hydrogens (tertiary/aromatic N) is 3. The SMILES string of the molecule is COc1ccccc1-n1cc(C(=O)N2CCOC(C(=O)O)C2)cn1. The Labute approximate surface area is 138 Å². The number of carbonyl (C=O) groups is 2. The van der Waals surface area contributed by atoms with Gasteiger partial charge in [-0.25, -0.2) is 9.48 Å². The summed E-state index contributed by atoms with van der Waals surface area (Å²) in [6.07, 6.45) is 2.07. The number of amides is 1. The van der Waals surface area contributed by atoms with Crippen molar-refractivity contribution in [2.75, 3.05) is 26.8 Å². The Kier molecular flexibility index (Phi) is 4.48. The molecule has 1 fully saturated rings. The molecule has 1 atom stereocenters. The molecule has 8 nitrogen and oxygen atoms in total.